The third-order valence-electron chi connectivity index (χ3n) is 3.81. The average molecular weight is 400 g/mol. The Morgan fingerprint density at radius 2 is 1.89 bits per heavy atom. The molecule has 0 aliphatic heterocycles. The fraction of sp³-hybridized carbons (Fsp3) is 0.250. The van der Waals surface area contributed by atoms with Crippen LogP contribution in [-0.2, 0) is 11.3 Å². The van der Waals surface area contributed by atoms with E-state index in [4.69, 9.17) is 15.2 Å². The van der Waals surface area contributed by atoms with Gasteiger partial charge in [-0.3, -0.25) is 0 Å². The van der Waals surface area contributed by atoms with Crippen molar-refractivity contribution in [3.8, 4) is 5.75 Å². The van der Waals surface area contributed by atoms with Crippen molar-refractivity contribution < 1.29 is 24.2 Å². The largest absolute Gasteiger partial charge is 0.489 e. The highest BCUT2D eigenvalue weighted by molar-refractivity contribution is 7.17. The molecule has 0 bridgehead atoms. The Hall–Kier alpha value is -3.13. The van der Waals surface area contributed by atoms with Crippen LogP contribution >= 0.6 is 11.3 Å². The van der Waals surface area contributed by atoms with E-state index in [9.17, 15) is 14.7 Å². The number of rotatable bonds is 5. The number of hydrogen-bond acceptors (Lipinski definition) is 7. The van der Waals surface area contributed by atoms with Gasteiger partial charge in [0.05, 0.1) is 15.8 Å². The molecule has 0 amide bonds. The number of fused-ring (bicyclic) bond motifs is 1. The first kappa shape index (κ1) is 19.6. The lowest BCUT2D eigenvalue weighted by atomic mass is 10.1. The van der Waals surface area contributed by atoms with Crippen LogP contribution < -0.4 is 10.5 Å². The van der Waals surface area contributed by atoms with Crippen LogP contribution in [0.3, 0.4) is 0 Å². The van der Waals surface area contributed by atoms with Gasteiger partial charge >= 0.3 is 11.9 Å². The van der Waals surface area contributed by atoms with Crippen molar-refractivity contribution in [2.45, 2.75) is 33.0 Å². The van der Waals surface area contributed by atoms with Gasteiger partial charge in [0.15, 0.2) is 0 Å². The number of anilines is 1. The van der Waals surface area contributed by atoms with Gasteiger partial charge in [0, 0.05) is 17.1 Å². The number of esters is 1. The summed E-state index contributed by atoms with van der Waals surface area (Å²) in [5.74, 6) is -0.625. The number of hydrogen-bond donors (Lipinski definition) is 2. The van der Waals surface area contributed by atoms with E-state index < -0.39 is 17.5 Å². The van der Waals surface area contributed by atoms with E-state index in [1.165, 1.54) is 17.5 Å². The zero-order chi connectivity index (χ0) is 20.5. The maximum atomic E-state index is 12.1. The standard InChI is InChI=1S/C20H20N2O5S/c1-20(2,3)27-19(25)11-4-6-13(7-5-11)26-9-12-10-28-16-14(18(23)24)8-22-17(21)15(12)16/h4-8,10H,9H2,1-3H3,(H2,21,22)(H,23,24). The number of nitrogen functional groups attached to an aromatic ring is 1. The molecule has 0 aliphatic rings. The second-order valence-electron chi connectivity index (χ2n) is 7.14. The molecule has 8 heteroatoms. The molecular formula is C20H20N2O5S. The van der Waals surface area contributed by atoms with E-state index in [1.807, 2.05) is 26.2 Å². The van der Waals surface area contributed by atoms with Crippen LogP contribution in [0.5, 0.6) is 5.75 Å². The Balaban J connectivity index is 1.75. The van der Waals surface area contributed by atoms with Gasteiger partial charge in [0.2, 0.25) is 0 Å². The molecule has 0 saturated heterocycles. The Bertz CT molecular complexity index is 1040. The minimum atomic E-state index is -1.05. The van der Waals surface area contributed by atoms with E-state index in [0.29, 0.717) is 21.4 Å². The third-order valence-corrected chi connectivity index (χ3v) is 4.88. The fourth-order valence-electron chi connectivity index (χ4n) is 2.57. The molecule has 0 atom stereocenters. The third kappa shape index (κ3) is 4.23. The normalized spacial score (nSPS) is 11.4. The first-order chi connectivity index (χ1) is 13.2. The lowest BCUT2D eigenvalue weighted by molar-refractivity contribution is 0.00693. The van der Waals surface area contributed by atoms with Gasteiger partial charge in [-0.2, -0.15) is 0 Å². The molecule has 1 aromatic carbocycles. The smallest absolute Gasteiger partial charge is 0.338 e. The van der Waals surface area contributed by atoms with Crippen molar-refractivity contribution in [1.82, 2.24) is 4.98 Å². The predicted octanol–water partition coefficient (Wildman–Crippen LogP) is 4.11. The maximum Gasteiger partial charge on any atom is 0.338 e. The van der Waals surface area contributed by atoms with Crippen molar-refractivity contribution in [3.05, 3.63) is 52.5 Å². The molecule has 0 fully saturated rings. The molecule has 146 valence electrons. The number of carbonyl (C=O) groups is 2. The predicted molar refractivity (Wildman–Crippen MR) is 107 cm³/mol. The zero-order valence-corrected chi connectivity index (χ0v) is 16.5. The quantitative estimate of drug-likeness (QED) is 0.620. The highest BCUT2D eigenvalue weighted by Crippen LogP contribution is 2.33. The van der Waals surface area contributed by atoms with Crippen LogP contribution in [0.2, 0.25) is 0 Å². The van der Waals surface area contributed by atoms with E-state index in [2.05, 4.69) is 4.98 Å². The Morgan fingerprint density at radius 3 is 2.50 bits per heavy atom. The molecule has 3 N–H and O–H groups in total. The number of benzene rings is 1. The fourth-order valence-corrected chi connectivity index (χ4v) is 3.64. The van der Waals surface area contributed by atoms with Crippen molar-refractivity contribution in [2.24, 2.45) is 0 Å². The summed E-state index contributed by atoms with van der Waals surface area (Å²) in [6.07, 6.45) is 1.26. The minimum Gasteiger partial charge on any atom is -0.489 e. The van der Waals surface area contributed by atoms with Gasteiger partial charge in [-0.1, -0.05) is 0 Å². The van der Waals surface area contributed by atoms with Crippen molar-refractivity contribution in [1.29, 1.82) is 0 Å². The molecule has 3 rings (SSSR count). The summed E-state index contributed by atoms with van der Waals surface area (Å²) in [6.45, 7) is 5.62. The van der Waals surface area contributed by atoms with E-state index >= 15 is 0 Å². The topological polar surface area (TPSA) is 112 Å². The monoisotopic (exact) mass is 400 g/mol. The number of pyridine rings is 1. The minimum absolute atomic E-state index is 0.113. The van der Waals surface area contributed by atoms with Gasteiger partial charge in [-0.15, -0.1) is 11.3 Å². The summed E-state index contributed by atoms with van der Waals surface area (Å²) in [7, 11) is 0. The Kier molecular flexibility index (Phi) is 5.24. The second-order valence-corrected chi connectivity index (χ2v) is 8.02. The molecule has 0 aliphatic carbocycles. The number of carboxylic acid groups (broad SMARTS) is 1. The molecule has 2 aromatic heterocycles. The average Bonchev–Trinajstić information content (AvgIpc) is 3.04. The van der Waals surface area contributed by atoms with Crippen LogP contribution in [0.1, 0.15) is 47.1 Å². The summed E-state index contributed by atoms with van der Waals surface area (Å²) in [5, 5.41) is 11.7. The summed E-state index contributed by atoms with van der Waals surface area (Å²) >= 11 is 1.29. The van der Waals surface area contributed by atoms with Crippen LogP contribution in [0.25, 0.3) is 10.1 Å². The van der Waals surface area contributed by atoms with Gasteiger partial charge in [-0.25, -0.2) is 14.6 Å². The summed E-state index contributed by atoms with van der Waals surface area (Å²) < 4.78 is 11.7. The van der Waals surface area contributed by atoms with Crippen molar-refractivity contribution in [3.63, 3.8) is 0 Å². The van der Waals surface area contributed by atoms with E-state index in [1.54, 1.807) is 24.3 Å². The highest BCUT2D eigenvalue weighted by atomic mass is 32.1. The number of aromatic nitrogens is 1. The molecule has 0 saturated carbocycles. The van der Waals surface area contributed by atoms with Crippen LogP contribution in [-0.4, -0.2) is 27.6 Å². The highest BCUT2D eigenvalue weighted by Gasteiger charge is 2.18. The Morgan fingerprint density at radius 1 is 1.21 bits per heavy atom. The van der Waals surface area contributed by atoms with Crippen LogP contribution in [0.15, 0.2) is 35.8 Å². The molecule has 2 heterocycles. The lowest BCUT2D eigenvalue weighted by Gasteiger charge is -2.19. The molecule has 0 spiro atoms. The lowest BCUT2D eigenvalue weighted by Crippen LogP contribution is -2.23. The van der Waals surface area contributed by atoms with E-state index in [0.717, 1.165) is 5.56 Å². The number of carboxylic acids is 1. The zero-order valence-electron chi connectivity index (χ0n) is 15.7. The SMILES string of the molecule is CC(C)(C)OC(=O)c1ccc(OCc2csc3c(C(=O)O)cnc(N)c23)cc1. The second kappa shape index (κ2) is 7.47. The molecule has 0 radical (unpaired) electrons. The summed E-state index contributed by atoms with van der Waals surface area (Å²) in [4.78, 5) is 27.4. The Labute approximate surface area is 165 Å². The van der Waals surface area contributed by atoms with Crippen LogP contribution in [0.4, 0.5) is 5.82 Å². The van der Waals surface area contributed by atoms with Crippen molar-refractivity contribution >= 4 is 39.2 Å². The van der Waals surface area contributed by atoms with Gasteiger partial charge in [0.25, 0.3) is 0 Å². The summed E-state index contributed by atoms with van der Waals surface area (Å²) in [6, 6.07) is 6.62. The molecular weight excluding hydrogens is 380 g/mol. The number of carbonyl (C=O) groups excluding carboxylic acids is 1. The number of nitrogens with zero attached hydrogens (tertiary/aromatic N) is 1. The van der Waals surface area contributed by atoms with Crippen LogP contribution in [0, 0.1) is 0 Å². The number of thiophene rings is 1. The first-order valence-electron chi connectivity index (χ1n) is 8.50. The first-order valence-corrected chi connectivity index (χ1v) is 9.38. The number of aromatic carboxylic acids is 1. The molecule has 0 unspecified atom stereocenters. The summed E-state index contributed by atoms with van der Waals surface area (Å²) in [5.41, 5.74) is 6.68. The van der Waals surface area contributed by atoms with Crippen molar-refractivity contribution in [2.75, 3.05) is 5.73 Å². The van der Waals surface area contributed by atoms with Gasteiger partial charge < -0.3 is 20.3 Å². The molecule has 3 aromatic rings. The maximum absolute atomic E-state index is 12.1. The molecule has 28 heavy (non-hydrogen) atoms. The number of nitrogens with two attached hydrogens (primary N) is 1. The van der Waals surface area contributed by atoms with Gasteiger partial charge in [0.1, 0.15) is 23.8 Å². The van der Waals surface area contributed by atoms with E-state index in [-0.39, 0.29) is 18.0 Å². The van der Waals surface area contributed by atoms with Gasteiger partial charge in [-0.05, 0) is 50.4 Å². The number of ether oxygens (including phenoxy) is 2. The molecule has 7 nitrogen and oxygen atoms in total.